The zero-order chi connectivity index (χ0) is 21.5. The first kappa shape index (κ1) is 20.3. The third kappa shape index (κ3) is 3.89. The van der Waals surface area contributed by atoms with Crippen molar-refractivity contribution in [3.05, 3.63) is 63.5 Å². The smallest absolute Gasteiger partial charge is 0.324 e. The summed E-state index contributed by atoms with van der Waals surface area (Å²) in [5.41, 5.74) is -0.0167. The third-order valence-corrected chi connectivity index (χ3v) is 5.50. The molecular weight excluding hydrogens is 421 g/mol. The second-order valence-electron chi connectivity index (χ2n) is 7.15. The van der Waals surface area contributed by atoms with Gasteiger partial charge in [-0.25, -0.2) is 9.59 Å². The quantitative estimate of drug-likeness (QED) is 0.599. The maximum atomic E-state index is 13.2. The van der Waals surface area contributed by atoms with Gasteiger partial charge in [-0.15, -0.1) is 0 Å². The van der Waals surface area contributed by atoms with Crippen molar-refractivity contribution >= 4 is 34.4 Å². The Kier molecular flexibility index (Phi) is 5.23. The van der Waals surface area contributed by atoms with Gasteiger partial charge in [0.25, 0.3) is 0 Å². The van der Waals surface area contributed by atoms with Gasteiger partial charge in [-0.3, -0.25) is 4.57 Å². The number of para-hydroxylation sites is 2. The van der Waals surface area contributed by atoms with E-state index < -0.39 is 17.8 Å². The molecule has 0 unspecified atom stereocenters. The Morgan fingerprint density at radius 3 is 2.53 bits per heavy atom. The molecule has 0 spiro atoms. The standard InChI is InChI=1S/C20H18ClF3N4O2/c21-12-5-6-15(14(11-12)20(22,23)24)25-18(29)27-9-7-13(8-10-27)28-17-4-2-1-3-16(17)26-19(28)30/h1-6,11,13H,7-10H2,(H,25,29)(H,26,30). The van der Waals surface area contributed by atoms with Gasteiger partial charge in [0, 0.05) is 24.2 Å². The number of likely N-dealkylation sites (tertiary alicyclic amines) is 1. The van der Waals surface area contributed by atoms with Crippen LogP contribution in [-0.2, 0) is 6.18 Å². The van der Waals surface area contributed by atoms with E-state index in [0.29, 0.717) is 25.9 Å². The largest absolute Gasteiger partial charge is 0.418 e. The van der Waals surface area contributed by atoms with Crippen LogP contribution in [0.25, 0.3) is 11.0 Å². The van der Waals surface area contributed by atoms with Crippen LogP contribution in [0.2, 0.25) is 5.02 Å². The number of aromatic amines is 1. The molecule has 1 fully saturated rings. The molecule has 0 atom stereocenters. The number of nitrogens with one attached hydrogen (secondary N) is 2. The summed E-state index contributed by atoms with van der Waals surface area (Å²) in [7, 11) is 0. The molecule has 6 nitrogen and oxygen atoms in total. The summed E-state index contributed by atoms with van der Waals surface area (Å²) >= 11 is 5.67. The lowest BCUT2D eigenvalue weighted by molar-refractivity contribution is -0.136. The molecule has 2 amide bonds. The molecule has 4 rings (SSSR count). The average Bonchev–Trinajstić information content (AvgIpc) is 3.04. The molecule has 2 aromatic carbocycles. The van der Waals surface area contributed by atoms with Crippen LogP contribution in [0.15, 0.2) is 47.3 Å². The van der Waals surface area contributed by atoms with Crippen molar-refractivity contribution in [3.63, 3.8) is 0 Å². The Bertz CT molecular complexity index is 1150. The Hall–Kier alpha value is -2.94. The Balaban J connectivity index is 1.47. The van der Waals surface area contributed by atoms with Gasteiger partial charge in [0.1, 0.15) is 0 Å². The van der Waals surface area contributed by atoms with E-state index in [-0.39, 0.29) is 22.4 Å². The lowest BCUT2D eigenvalue weighted by Gasteiger charge is -2.32. The normalized spacial score (nSPS) is 15.5. The molecule has 1 aliphatic rings. The average molecular weight is 439 g/mol. The third-order valence-electron chi connectivity index (χ3n) is 5.27. The minimum Gasteiger partial charge on any atom is -0.324 e. The van der Waals surface area contributed by atoms with E-state index in [9.17, 15) is 22.8 Å². The number of halogens is 4. The highest BCUT2D eigenvalue weighted by Crippen LogP contribution is 2.36. The van der Waals surface area contributed by atoms with Crippen LogP contribution in [0.3, 0.4) is 0 Å². The van der Waals surface area contributed by atoms with E-state index in [1.165, 1.54) is 11.0 Å². The van der Waals surface area contributed by atoms with Crippen molar-refractivity contribution in [3.8, 4) is 0 Å². The van der Waals surface area contributed by atoms with Crippen molar-refractivity contribution in [1.29, 1.82) is 0 Å². The first-order chi connectivity index (χ1) is 14.2. The molecule has 1 aliphatic heterocycles. The summed E-state index contributed by atoms with van der Waals surface area (Å²) in [6.45, 7) is 0.634. The number of fused-ring (bicyclic) bond motifs is 1. The summed E-state index contributed by atoms with van der Waals surface area (Å²) in [5.74, 6) is 0. The zero-order valence-corrected chi connectivity index (χ0v) is 16.4. The highest BCUT2D eigenvalue weighted by Gasteiger charge is 2.35. The van der Waals surface area contributed by atoms with E-state index in [1.807, 2.05) is 24.3 Å². The molecular formula is C20H18ClF3N4O2. The summed E-state index contributed by atoms with van der Waals surface area (Å²) < 4.78 is 41.4. The molecule has 10 heteroatoms. The summed E-state index contributed by atoms with van der Waals surface area (Å²) in [5, 5.41) is 2.27. The number of nitrogens with zero attached hydrogens (tertiary/aromatic N) is 2. The first-order valence-electron chi connectivity index (χ1n) is 9.36. The van der Waals surface area contributed by atoms with Crippen molar-refractivity contribution in [2.45, 2.75) is 25.1 Å². The number of hydrogen-bond donors (Lipinski definition) is 2. The summed E-state index contributed by atoms with van der Waals surface area (Å²) in [4.78, 5) is 29.2. The van der Waals surface area contributed by atoms with Gasteiger partial charge in [0.2, 0.25) is 0 Å². The molecule has 1 saturated heterocycles. The monoisotopic (exact) mass is 438 g/mol. The second-order valence-corrected chi connectivity index (χ2v) is 7.59. The van der Waals surface area contributed by atoms with Crippen LogP contribution >= 0.6 is 11.6 Å². The number of piperidine rings is 1. The van der Waals surface area contributed by atoms with Crippen molar-refractivity contribution < 1.29 is 18.0 Å². The second kappa shape index (κ2) is 7.71. The topological polar surface area (TPSA) is 70.1 Å². The lowest BCUT2D eigenvalue weighted by Crippen LogP contribution is -2.42. The number of hydrogen-bond acceptors (Lipinski definition) is 2. The maximum Gasteiger partial charge on any atom is 0.418 e. The molecule has 3 aromatic rings. The number of urea groups is 1. The summed E-state index contributed by atoms with van der Waals surface area (Å²) in [6, 6.07) is 9.86. The van der Waals surface area contributed by atoms with Crippen LogP contribution < -0.4 is 11.0 Å². The zero-order valence-electron chi connectivity index (χ0n) is 15.7. The number of rotatable bonds is 2. The SMILES string of the molecule is O=C(Nc1ccc(Cl)cc1C(F)(F)F)N1CCC(n2c(=O)[nH]c3ccccc32)CC1. The highest BCUT2D eigenvalue weighted by molar-refractivity contribution is 6.30. The summed E-state index contributed by atoms with van der Waals surface area (Å²) in [6.07, 6.45) is -3.61. The van der Waals surface area contributed by atoms with Crippen LogP contribution in [0.1, 0.15) is 24.4 Å². The number of H-pyrrole nitrogens is 1. The highest BCUT2D eigenvalue weighted by atomic mass is 35.5. The van der Waals surface area contributed by atoms with E-state index in [2.05, 4.69) is 10.3 Å². The number of carbonyl (C=O) groups excluding carboxylic acids is 1. The maximum absolute atomic E-state index is 13.2. The van der Waals surface area contributed by atoms with Crippen molar-refractivity contribution in [1.82, 2.24) is 14.5 Å². The van der Waals surface area contributed by atoms with Crippen molar-refractivity contribution in [2.24, 2.45) is 0 Å². The molecule has 0 saturated carbocycles. The fourth-order valence-electron chi connectivity index (χ4n) is 3.82. The Labute approximate surface area is 174 Å². The number of alkyl halides is 3. The van der Waals surface area contributed by atoms with Crippen LogP contribution in [-0.4, -0.2) is 33.6 Å². The van der Waals surface area contributed by atoms with E-state index in [1.54, 1.807) is 4.57 Å². The first-order valence-corrected chi connectivity index (χ1v) is 9.74. The predicted octanol–water partition coefficient (Wildman–Crippen LogP) is 4.87. The van der Waals surface area contributed by atoms with E-state index >= 15 is 0 Å². The van der Waals surface area contributed by atoms with Crippen molar-refractivity contribution in [2.75, 3.05) is 18.4 Å². The molecule has 158 valence electrons. The van der Waals surface area contributed by atoms with Gasteiger partial charge in [-0.2, -0.15) is 13.2 Å². The van der Waals surface area contributed by atoms with E-state index in [4.69, 9.17) is 11.6 Å². The number of benzene rings is 2. The van der Waals surface area contributed by atoms with Gasteiger partial charge in [-0.1, -0.05) is 23.7 Å². The molecule has 30 heavy (non-hydrogen) atoms. The Morgan fingerprint density at radius 1 is 1.13 bits per heavy atom. The Morgan fingerprint density at radius 2 is 1.83 bits per heavy atom. The molecule has 0 bridgehead atoms. The van der Waals surface area contributed by atoms with Gasteiger partial charge in [0.05, 0.1) is 22.3 Å². The fraction of sp³-hybridized carbons (Fsp3) is 0.300. The molecule has 0 aliphatic carbocycles. The van der Waals surface area contributed by atoms with Gasteiger partial charge < -0.3 is 15.2 Å². The molecule has 1 aromatic heterocycles. The number of anilines is 1. The minimum atomic E-state index is -4.64. The lowest BCUT2D eigenvalue weighted by atomic mass is 10.0. The number of carbonyl (C=O) groups is 1. The molecule has 2 N–H and O–H groups in total. The predicted molar refractivity (Wildman–Crippen MR) is 108 cm³/mol. The minimum absolute atomic E-state index is 0.0645. The molecule has 0 radical (unpaired) electrons. The fourth-order valence-corrected chi connectivity index (χ4v) is 3.99. The van der Waals surface area contributed by atoms with Gasteiger partial charge in [-0.05, 0) is 43.2 Å². The number of amides is 2. The van der Waals surface area contributed by atoms with Crippen LogP contribution in [0.4, 0.5) is 23.7 Å². The van der Waals surface area contributed by atoms with Gasteiger partial charge >= 0.3 is 17.9 Å². The molecule has 2 heterocycles. The van der Waals surface area contributed by atoms with Crippen LogP contribution in [0.5, 0.6) is 0 Å². The number of imidazole rings is 1. The van der Waals surface area contributed by atoms with Gasteiger partial charge in [0.15, 0.2) is 0 Å². The number of aromatic nitrogens is 2. The van der Waals surface area contributed by atoms with Crippen LogP contribution in [0, 0.1) is 0 Å². The van der Waals surface area contributed by atoms with E-state index in [0.717, 1.165) is 23.2 Å².